The molecule has 1 heterocycles. The Morgan fingerprint density at radius 2 is 1.62 bits per heavy atom. The van der Waals surface area contributed by atoms with E-state index in [1.54, 1.807) is 6.33 Å². The van der Waals surface area contributed by atoms with Crippen LogP contribution in [0.5, 0.6) is 0 Å². The van der Waals surface area contributed by atoms with E-state index in [1.165, 1.54) is 22.4 Å². The van der Waals surface area contributed by atoms with Gasteiger partial charge in [0.1, 0.15) is 0 Å². The number of benzene rings is 2. The molecule has 2 aromatic carbocycles. The summed E-state index contributed by atoms with van der Waals surface area (Å²) in [5.74, 6) is 0.359. The van der Waals surface area contributed by atoms with Crippen molar-refractivity contribution in [2.45, 2.75) is 19.3 Å². The highest BCUT2D eigenvalue weighted by Crippen LogP contribution is 2.28. The standard InChI is InChI=1S/C18H18N2.ClH/c1-14-7-9-16(10-8-14)18(11-17-12-19-13-20-17)15-5-3-2-4-6-15;/h2-10,12-13,18H,11H2,1H3,(H,19,20);1H. The lowest BCUT2D eigenvalue weighted by Crippen LogP contribution is -2.05. The fourth-order valence-electron chi connectivity index (χ4n) is 2.53. The van der Waals surface area contributed by atoms with Crippen LogP contribution < -0.4 is 0 Å². The van der Waals surface area contributed by atoms with Gasteiger partial charge in [-0.25, -0.2) is 4.98 Å². The lowest BCUT2D eigenvalue weighted by molar-refractivity contribution is 0.787. The second kappa shape index (κ2) is 7.09. The number of aromatic amines is 1. The molecular formula is C18H19ClN2. The molecule has 21 heavy (non-hydrogen) atoms. The molecule has 1 aromatic heterocycles. The van der Waals surface area contributed by atoms with Crippen LogP contribution in [0.1, 0.15) is 28.3 Å². The van der Waals surface area contributed by atoms with E-state index in [1.807, 2.05) is 6.20 Å². The van der Waals surface area contributed by atoms with Crippen LogP contribution in [-0.2, 0) is 6.42 Å². The number of halogens is 1. The lowest BCUT2D eigenvalue weighted by Gasteiger charge is -2.17. The third-order valence-corrected chi connectivity index (χ3v) is 3.66. The molecule has 0 radical (unpaired) electrons. The number of imidazole rings is 1. The van der Waals surface area contributed by atoms with Crippen LogP contribution in [0, 0.1) is 6.92 Å². The second-order valence-corrected chi connectivity index (χ2v) is 5.15. The van der Waals surface area contributed by atoms with Crippen LogP contribution in [-0.4, -0.2) is 9.97 Å². The molecule has 3 rings (SSSR count). The first-order valence-electron chi connectivity index (χ1n) is 6.91. The van der Waals surface area contributed by atoms with E-state index >= 15 is 0 Å². The van der Waals surface area contributed by atoms with Gasteiger partial charge in [-0.1, -0.05) is 60.2 Å². The zero-order chi connectivity index (χ0) is 13.8. The first kappa shape index (κ1) is 15.3. The van der Waals surface area contributed by atoms with Gasteiger partial charge >= 0.3 is 0 Å². The number of H-pyrrole nitrogens is 1. The minimum absolute atomic E-state index is 0. The molecule has 0 aliphatic rings. The third-order valence-electron chi connectivity index (χ3n) is 3.66. The Morgan fingerprint density at radius 1 is 0.952 bits per heavy atom. The summed E-state index contributed by atoms with van der Waals surface area (Å²) in [5.41, 5.74) is 5.14. The average molecular weight is 299 g/mol. The molecular weight excluding hydrogens is 280 g/mol. The van der Waals surface area contributed by atoms with E-state index in [0.29, 0.717) is 5.92 Å². The van der Waals surface area contributed by atoms with Gasteiger partial charge in [-0.2, -0.15) is 0 Å². The van der Waals surface area contributed by atoms with Gasteiger partial charge in [-0.05, 0) is 24.5 Å². The number of aryl methyl sites for hydroxylation is 1. The molecule has 0 aliphatic carbocycles. The van der Waals surface area contributed by atoms with Gasteiger partial charge in [0.25, 0.3) is 0 Å². The maximum atomic E-state index is 4.12. The molecule has 0 aliphatic heterocycles. The molecule has 2 nitrogen and oxygen atoms in total. The molecule has 0 bridgehead atoms. The number of hydrogen-bond acceptors (Lipinski definition) is 1. The van der Waals surface area contributed by atoms with Crippen molar-refractivity contribution >= 4 is 12.4 Å². The van der Waals surface area contributed by atoms with Crippen molar-refractivity contribution in [1.82, 2.24) is 9.97 Å². The van der Waals surface area contributed by atoms with Gasteiger partial charge in [-0.3, -0.25) is 0 Å². The van der Waals surface area contributed by atoms with Gasteiger partial charge < -0.3 is 4.98 Å². The van der Waals surface area contributed by atoms with Crippen molar-refractivity contribution < 1.29 is 0 Å². The Bertz CT molecular complexity index is 645. The summed E-state index contributed by atoms with van der Waals surface area (Å²) in [6, 6.07) is 19.5. The van der Waals surface area contributed by atoms with Crippen molar-refractivity contribution in [3.05, 3.63) is 89.5 Å². The summed E-state index contributed by atoms with van der Waals surface area (Å²) in [6.07, 6.45) is 4.59. The smallest absolute Gasteiger partial charge is 0.0921 e. The lowest BCUT2D eigenvalue weighted by atomic mass is 9.87. The summed E-state index contributed by atoms with van der Waals surface area (Å²) >= 11 is 0. The normalized spacial score (nSPS) is 11.7. The quantitative estimate of drug-likeness (QED) is 0.754. The zero-order valence-electron chi connectivity index (χ0n) is 12.0. The van der Waals surface area contributed by atoms with Crippen LogP contribution in [0.2, 0.25) is 0 Å². The molecule has 0 saturated heterocycles. The number of nitrogens with zero attached hydrogens (tertiary/aromatic N) is 1. The molecule has 0 saturated carbocycles. The minimum atomic E-state index is 0. The van der Waals surface area contributed by atoms with Crippen molar-refractivity contribution in [2.24, 2.45) is 0 Å². The summed E-state index contributed by atoms with van der Waals surface area (Å²) < 4.78 is 0. The topological polar surface area (TPSA) is 28.7 Å². The Hall–Kier alpha value is -2.06. The van der Waals surface area contributed by atoms with Crippen LogP contribution in [0.25, 0.3) is 0 Å². The van der Waals surface area contributed by atoms with E-state index in [9.17, 15) is 0 Å². The first-order valence-corrected chi connectivity index (χ1v) is 6.91. The zero-order valence-corrected chi connectivity index (χ0v) is 12.8. The van der Waals surface area contributed by atoms with Gasteiger partial charge in [0, 0.05) is 17.8 Å². The Morgan fingerprint density at radius 3 is 2.24 bits per heavy atom. The average Bonchev–Trinajstić information content (AvgIpc) is 3.00. The van der Waals surface area contributed by atoms with Gasteiger partial charge in [-0.15, -0.1) is 12.4 Å². The predicted octanol–water partition coefficient (Wildman–Crippen LogP) is 4.51. The molecule has 3 aromatic rings. The number of hydrogen-bond donors (Lipinski definition) is 1. The Balaban J connectivity index is 0.00000161. The van der Waals surface area contributed by atoms with E-state index in [-0.39, 0.29) is 12.4 Å². The first-order chi connectivity index (χ1) is 9.83. The second-order valence-electron chi connectivity index (χ2n) is 5.15. The van der Waals surface area contributed by atoms with Crippen LogP contribution in [0.4, 0.5) is 0 Å². The predicted molar refractivity (Wildman–Crippen MR) is 89.0 cm³/mol. The summed E-state index contributed by atoms with van der Waals surface area (Å²) in [4.78, 5) is 7.33. The monoisotopic (exact) mass is 298 g/mol. The summed E-state index contributed by atoms with van der Waals surface area (Å²) in [6.45, 7) is 2.12. The Labute approximate surface area is 131 Å². The number of rotatable bonds is 4. The number of nitrogens with one attached hydrogen (secondary N) is 1. The fourth-order valence-corrected chi connectivity index (χ4v) is 2.53. The Kier molecular flexibility index (Phi) is 5.18. The maximum Gasteiger partial charge on any atom is 0.0921 e. The van der Waals surface area contributed by atoms with Crippen molar-refractivity contribution in [1.29, 1.82) is 0 Å². The molecule has 0 spiro atoms. The third kappa shape index (κ3) is 3.73. The minimum Gasteiger partial charge on any atom is -0.348 e. The van der Waals surface area contributed by atoms with Gasteiger partial charge in [0.15, 0.2) is 0 Å². The van der Waals surface area contributed by atoms with Crippen LogP contribution in [0.15, 0.2) is 67.1 Å². The van der Waals surface area contributed by atoms with E-state index < -0.39 is 0 Å². The summed E-state index contributed by atoms with van der Waals surface area (Å²) in [7, 11) is 0. The molecule has 1 atom stereocenters. The molecule has 3 heteroatoms. The van der Waals surface area contributed by atoms with Gasteiger partial charge in [0.2, 0.25) is 0 Å². The number of aromatic nitrogens is 2. The molecule has 1 N–H and O–H groups in total. The van der Waals surface area contributed by atoms with Crippen molar-refractivity contribution in [3.63, 3.8) is 0 Å². The van der Waals surface area contributed by atoms with Gasteiger partial charge in [0.05, 0.1) is 6.33 Å². The highest BCUT2D eigenvalue weighted by atomic mass is 35.5. The molecule has 1 unspecified atom stereocenters. The highest BCUT2D eigenvalue weighted by Gasteiger charge is 2.15. The fraction of sp³-hybridized carbons (Fsp3) is 0.167. The molecule has 0 fully saturated rings. The van der Waals surface area contributed by atoms with Crippen LogP contribution in [0.3, 0.4) is 0 Å². The maximum absolute atomic E-state index is 4.12. The largest absolute Gasteiger partial charge is 0.348 e. The molecule has 108 valence electrons. The highest BCUT2D eigenvalue weighted by molar-refractivity contribution is 5.85. The van der Waals surface area contributed by atoms with E-state index in [0.717, 1.165) is 6.42 Å². The summed E-state index contributed by atoms with van der Waals surface area (Å²) in [5, 5.41) is 0. The van der Waals surface area contributed by atoms with Crippen molar-refractivity contribution in [2.75, 3.05) is 0 Å². The SMILES string of the molecule is Cc1ccc(C(Cc2cnc[nH]2)c2ccccc2)cc1.Cl. The van der Waals surface area contributed by atoms with Crippen LogP contribution >= 0.6 is 12.4 Å². The van der Waals surface area contributed by atoms with E-state index in [4.69, 9.17) is 0 Å². The van der Waals surface area contributed by atoms with E-state index in [2.05, 4.69) is 71.5 Å². The molecule has 0 amide bonds. The van der Waals surface area contributed by atoms with Crippen molar-refractivity contribution in [3.8, 4) is 0 Å².